The second-order valence-corrected chi connectivity index (χ2v) is 5.05. The molecule has 0 spiro atoms. The van der Waals surface area contributed by atoms with Crippen LogP contribution in [0.2, 0.25) is 0 Å². The van der Waals surface area contributed by atoms with Gasteiger partial charge in [0.05, 0.1) is 6.17 Å². The highest BCUT2D eigenvalue weighted by Crippen LogP contribution is 2.21. The van der Waals surface area contributed by atoms with Crippen LogP contribution in [-0.4, -0.2) is 12.6 Å². The number of halogens is 3. The SMILES string of the molecule is CCC(C)C(C)CC(F)F.CCC(C)C(C)F. The van der Waals surface area contributed by atoms with Gasteiger partial charge in [0.1, 0.15) is 0 Å². The molecule has 0 aromatic carbocycles. The van der Waals surface area contributed by atoms with Crippen molar-refractivity contribution >= 4 is 0 Å². The number of alkyl halides is 3. The van der Waals surface area contributed by atoms with Gasteiger partial charge in [-0.3, -0.25) is 0 Å². The van der Waals surface area contributed by atoms with Crippen molar-refractivity contribution in [2.75, 3.05) is 0 Å². The van der Waals surface area contributed by atoms with Crippen molar-refractivity contribution in [2.45, 2.75) is 73.4 Å². The van der Waals surface area contributed by atoms with Gasteiger partial charge in [0.2, 0.25) is 6.43 Å². The molecule has 0 amide bonds. The van der Waals surface area contributed by atoms with Crippen LogP contribution in [0, 0.1) is 17.8 Å². The predicted molar refractivity (Wildman–Crippen MR) is 69.3 cm³/mol. The topological polar surface area (TPSA) is 0 Å². The van der Waals surface area contributed by atoms with Crippen molar-refractivity contribution in [3.63, 3.8) is 0 Å². The van der Waals surface area contributed by atoms with Gasteiger partial charge in [0.15, 0.2) is 0 Å². The molecule has 0 aliphatic carbocycles. The molecule has 4 atom stereocenters. The minimum Gasteiger partial charge on any atom is -0.248 e. The van der Waals surface area contributed by atoms with Gasteiger partial charge in [-0.2, -0.15) is 0 Å². The fourth-order valence-electron chi connectivity index (χ4n) is 1.24. The summed E-state index contributed by atoms with van der Waals surface area (Å²) < 4.78 is 35.7. The Balaban J connectivity index is 0. The summed E-state index contributed by atoms with van der Waals surface area (Å²) in [5, 5.41) is 0. The standard InChI is InChI=1S/C8H16F2.C6H13F/c1-4-6(2)7(3)5-8(9)10;1-4-5(2)6(3)7/h6-8H,4-5H2,1-3H3;5-6H,4H2,1-3H3. The second kappa shape index (κ2) is 10.9. The molecule has 0 bridgehead atoms. The lowest BCUT2D eigenvalue weighted by Gasteiger charge is -2.16. The van der Waals surface area contributed by atoms with Crippen LogP contribution in [0.15, 0.2) is 0 Å². The molecule has 0 heterocycles. The maximum absolute atomic E-state index is 12.1. The van der Waals surface area contributed by atoms with E-state index >= 15 is 0 Å². The zero-order valence-corrected chi connectivity index (χ0v) is 12.1. The summed E-state index contributed by atoms with van der Waals surface area (Å²) in [7, 11) is 0. The van der Waals surface area contributed by atoms with Gasteiger partial charge in [0.25, 0.3) is 0 Å². The Hall–Kier alpha value is -0.210. The molecule has 0 fully saturated rings. The Morgan fingerprint density at radius 2 is 1.12 bits per heavy atom. The molecule has 0 aromatic heterocycles. The third-order valence-electron chi connectivity index (χ3n) is 3.59. The molecule has 4 unspecified atom stereocenters. The van der Waals surface area contributed by atoms with Crippen LogP contribution in [0.25, 0.3) is 0 Å². The van der Waals surface area contributed by atoms with Crippen LogP contribution < -0.4 is 0 Å². The third kappa shape index (κ3) is 12.0. The zero-order valence-electron chi connectivity index (χ0n) is 12.1. The van der Waals surface area contributed by atoms with E-state index in [2.05, 4.69) is 0 Å². The van der Waals surface area contributed by atoms with Crippen LogP contribution in [0.3, 0.4) is 0 Å². The zero-order chi connectivity index (χ0) is 14.0. The lowest BCUT2D eigenvalue weighted by molar-refractivity contribution is 0.104. The lowest BCUT2D eigenvalue weighted by Crippen LogP contribution is -2.10. The predicted octanol–water partition coefficient (Wildman–Crippen LogP) is 5.71. The Kier molecular flexibility index (Phi) is 12.3. The van der Waals surface area contributed by atoms with E-state index < -0.39 is 12.6 Å². The molecule has 0 aliphatic rings. The lowest BCUT2D eigenvalue weighted by atomic mass is 9.91. The molecule has 0 saturated heterocycles. The maximum atomic E-state index is 12.1. The first kappa shape index (κ1) is 19.1. The normalized spacial score (nSPS) is 18.0. The van der Waals surface area contributed by atoms with Crippen LogP contribution in [0.1, 0.15) is 60.8 Å². The van der Waals surface area contributed by atoms with Crippen LogP contribution in [0.5, 0.6) is 0 Å². The fourth-order valence-corrected chi connectivity index (χ4v) is 1.24. The van der Waals surface area contributed by atoms with E-state index in [4.69, 9.17) is 0 Å². The minimum atomic E-state index is -2.14. The quantitative estimate of drug-likeness (QED) is 0.569. The second-order valence-electron chi connectivity index (χ2n) is 5.05. The first-order chi connectivity index (χ1) is 7.76. The van der Waals surface area contributed by atoms with E-state index in [1.807, 2.05) is 34.6 Å². The van der Waals surface area contributed by atoms with E-state index in [1.54, 1.807) is 6.92 Å². The smallest absolute Gasteiger partial charge is 0.238 e. The highest BCUT2D eigenvalue weighted by atomic mass is 19.3. The Bertz CT molecular complexity index is 158. The molecule has 0 radical (unpaired) electrons. The van der Waals surface area contributed by atoms with Gasteiger partial charge in [0, 0.05) is 6.42 Å². The van der Waals surface area contributed by atoms with Crippen LogP contribution in [0.4, 0.5) is 13.2 Å². The molecule has 0 rings (SSSR count). The molecule has 0 saturated carbocycles. The molecule has 0 aliphatic heterocycles. The number of hydrogen-bond acceptors (Lipinski definition) is 0. The molecular formula is C14H29F3. The average Bonchev–Trinajstić information content (AvgIpc) is 2.26. The summed E-state index contributed by atoms with van der Waals surface area (Å²) in [5.41, 5.74) is 0. The van der Waals surface area contributed by atoms with Crippen molar-refractivity contribution in [1.29, 1.82) is 0 Å². The van der Waals surface area contributed by atoms with Gasteiger partial charge in [-0.25, -0.2) is 13.2 Å². The Morgan fingerprint density at radius 1 is 0.706 bits per heavy atom. The number of rotatable bonds is 6. The molecule has 0 nitrogen and oxygen atoms in total. The van der Waals surface area contributed by atoms with E-state index in [1.165, 1.54) is 0 Å². The summed E-state index contributed by atoms with van der Waals surface area (Å²) in [5.74, 6) is 0.819. The van der Waals surface area contributed by atoms with Crippen molar-refractivity contribution in [3.8, 4) is 0 Å². The summed E-state index contributed by atoms with van der Waals surface area (Å²) in [4.78, 5) is 0. The average molecular weight is 254 g/mol. The van der Waals surface area contributed by atoms with E-state index in [0.29, 0.717) is 5.92 Å². The molecular weight excluding hydrogens is 225 g/mol. The van der Waals surface area contributed by atoms with Crippen molar-refractivity contribution in [2.24, 2.45) is 17.8 Å². The van der Waals surface area contributed by atoms with E-state index in [-0.39, 0.29) is 18.3 Å². The van der Waals surface area contributed by atoms with Crippen LogP contribution in [-0.2, 0) is 0 Å². The summed E-state index contributed by atoms with van der Waals surface area (Å²) >= 11 is 0. The summed E-state index contributed by atoms with van der Waals surface area (Å²) in [6.07, 6.45) is -0.783. The highest BCUT2D eigenvalue weighted by Gasteiger charge is 2.14. The molecule has 17 heavy (non-hydrogen) atoms. The summed E-state index contributed by atoms with van der Waals surface area (Å²) in [6, 6.07) is 0. The van der Waals surface area contributed by atoms with E-state index in [0.717, 1.165) is 12.8 Å². The fraction of sp³-hybridized carbons (Fsp3) is 1.00. The Morgan fingerprint density at radius 3 is 1.29 bits per heavy atom. The molecule has 0 N–H and O–H groups in total. The monoisotopic (exact) mass is 254 g/mol. The van der Waals surface area contributed by atoms with Gasteiger partial charge in [-0.15, -0.1) is 0 Å². The number of hydrogen-bond donors (Lipinski definition) is 0. The van der Waals surface area contributed by atoms with Gasteiger partial charge >= 0.3 is 0 Å². The van der Waals surface area contributed by atoms with Gasteiger partial charge < -0.3 is 0 Å². The minimum absolute atomic E-state index is 0.0506. The third-order valence-corrected chi connectivity index (χ3v) is 3.59. The molecule has 3 heteroatoms. The van der Waals surface area contributed by atoms with Crippen molar-refractivity contribution < 1.29 is 13.2 Å². The van der Waals surface area contributed by atoms with Gasteiger partial charge in [-0.05, 0) is 24.7 Å². The highest BCUT2D eigenvalue weighted by molar-refractivity contribution is 4.60. The largest absolute Gasteiger partial charge is 0.248 e. The Labute approximate surface area is 105 Å². The first-order valence-electron chi connectivity index (χ1n) is 6.68. The summed E-state index contributed by atoms with van der Waals surface area (Å²) in [6.45, 7) is 11.5. The van der Waals surface area contributed by atoms with Crippen molar-refractivity contribution in [1.82, 2.24) is 0 Å². The first-order valence-corrected chi connectivity index (χ1v) is 6.68. The van der Waals surface area contributed by atoms with Crippen LogP contribution >= 0.6 is 0 Å². The molecule has 0 aromatic rings. The maximum Gasteiger partial charge on any atom is 0.238 e. The van der Waals surface area contributed by atoms with Gasteiger partial charge in [-0.1, -0.05) is 47.5 Å². The molecule has 106 valence electrons. The van der Waals surface area contributed by atoms with E-state index in [9.17, 15) is 13.2 Å². The van der Waals surface area contributed by atoms with Crippen molar-refractivity contribution in [3.05, 3.63) is 0 Å².